The molecule has 0 aromatic carbocycles. The summed E-state index contributed by atoms with van der Waals surface area (Å²) >= 11 is 0. The minimum atomic E-state index is 0.354. The summed E-state index contributed by atoms with van der Waals surface area (Å²) in [6.45, 7) is 11.9. The second-order valence-corrected chi connectivity index (χ2v) is 5.11. The Bertz CT molecular complexity index is 381. The van der Waals surface area contributed by atoms with Gasteiger partial charge in [-0.2, -0.15) is 5.10 Å². The summed E-state index contributed by atoms with van der Waals surface area (Å²) in [6, 6.07) is 0.354. The number of nitrogens with two attached hydrogens (primary N) is 1. The van der Waals surface area contributed by atoms with Gasteiger partial charge in [0.05, 0.1) is 11.4 Å². The minimum Gasteiger partial charge on any atom is -0.394 e. The molecule has 0 radical (unpaired) electrons. The van der Waals surface area contributed by atoms with Crippen LogP contribution in [0.3, 0.4) is 0 Å². The van der Waals surface area contributed by atoms with Crippen molar-refractivity contribution in [1.29, 1.82) is 0 Å². The molecule has 0 spiro atoms. The van der Waals surface area contributed by atoms with E-state index in [1.165, 1.54) is 0 Å². The molecule has 3 N–H and O–H groups in total. The van der Waals surface area contributed by atoms with E-state index in [2.05, 4.69) is 43.0 Å². The fraction of sp³-hybridized carbons (Fsp3) is 0.786. The second kappa shape index (κ2) is 7.38. The number of aryl methyl sites for hydroxylation is 2. The van der Waals surface area contributed by atoms with Gasteiger partial charge in [-0.25, -0.2) is 0 Å². The molecule has 0 saturated heterocycles. The number of aromatic nitrogens is 2. The molecule has 0 amide bonds. The SMILES string of the molecule is CCCc1nn(C)c(NC(C)CN(CC)CC)c1N. The molecule has 0 saturated carbocycles. The molecule has 5 nitrogen and oxygen atoms in total. The molecule has 1 unspecified atom stereocenters. The van der Waals surface area contributed by atoms with Gasteiger partial charge in [-0.1, -0.05) is 27.2 Å². The predicted molar refractivity (Wildman–Crippen MR) is 82.5 cm³/mol. The molecule has 1 atom stereocenters. The number of rotatable bonds is 8. The van der Waals surface area contributed by atoms with E-state index in [-0.39, 0.29) is 0 Å². The van der Waals surface area contributed by atoms with Crippen LogP contribution in [-0.4, -0.2) is 40.4 Å². The zero-order valence-electron chi connectivity index (χ0n) is 13.0. The van der Waals surface area contributed by atoms with Crippen molar-refractivity contribution in [2.75, 3.05) is 30.7 Å². The first kappa shape index (κ1) is 15.8. The van der Waals surface area contributed by atoms with Gasteiger partial charge in [0.15, 0.2) is 0 Å². The van der Waals surface area contributed by atoms with Gasteiger partial charge >= 0.3 is 0 Å². The van der Waals surface area contributed by atoms with Gasteiger partial charge in [-0.05, 0) is 26.4 Å². The van der Waals surface area contributed by atoms with Crippen molar-refractivity contribution in [3.8, 4) is 0 Å². The normalized spacial score (nSPS) is 12.9. The Morgan fingerprint density at radius 1 is 1.32 bits per heavy atom. The first-order chi connectivity index (χ1) is 9.03. The Hall–Kier alpha value is -1.23. The Morgan fingerprint density at radius 2 is 1.95 bits per heavy atom. The molecule has 1 rings (SSSR count). The van der Waals surface area contributed by atoms with Crippen molar-refractivity contribution < 1.29 is 0 Å². The molecule has 0 aliphatic heterocycles. The van der Waals surface area contributed by atoms with Crippen molar-refractivity contribution in [1.82, 2.24) is 14.7 Å². The highest BCUT2D eigenvalue weighted by atomic mass is 15.3. The quantitative estimate of drug-likeness (QED) is 0.757. The summed E-state index contributed by atoms with van der Waals surface area (Å²) in [6.07, 6.45) is 2.00. The molecule has 0 bridgehead atoms. The Morgan fingerprint density at radius 3 is 2.47 bits per heavy atom. The smallest absolute Gasteiger partial charge is 0.148 e. The first-order valence-corrected chi connectivity index (χ1v) is 7.33. The van der Waals surface area contributed by atoms with E-state index >= 15 is 0 Å². The van der Waals surface area contributed by atoms with Gasteiger partial charge in [0, 0.05) is 19.6 Å². The van der Waals surface area contributed by atoms with E-state index in [1.807, 2.05) is 11.7 Å². The van der Waals surface area contributed by atoms with Gasteiger partial charge in [0.25, 0.3) is 0 Å². The lowest BCUT2D eigenvalue weighted by molar-refractivity contribution is 0.294. The van der Waals surface area contributed by atoms with Crippen LogP contribution < -0.4 is 11.1 Å². The third-order valence-electron chi connectivity index (χ3n) is 3.46. The summed E-state index contributed by atoms with van der Waals surface area (Å²) in [5.41, 5.74) is 7.98. The van der Waals surface area contributed by atoms with Crippen LogP contribution in [-0.2, 0) is 13.5 Å². The largest absolute Gasteiger partial charge is 0.394 e. The first-order valence-electron chi connectivity index (χ1n) is 7.33. The lowest BCUT2D eigenvalue weighted by atomic mass is 10.2. The van der Waals surface area contributed by atoms with Crippen molar-refractivity contribution in [3.05, 3.63) is 5.69 Å². The van der Waals surface area contributed by atoms with Gasteiger partial charge in [-0.3, -0.25) is 4.68 Å². The second-order valence-electron chi connectivity index (χ2n) is 5.11. The van der Waals surface area contributed by atoms with Crippen molar-refractivity contribution in [3.63, 3.8) is 0 Å². The summed E-state index contributed by atoms with van der Waals surface area (Å²) in [4.78, 5) is 2.40. The maximum absolute atomic E-state index is 6.17. The highest BCUT2D eigenvalue weighted by Gasteiger charge is 2.15. The lowest BCUT2D eigenvalue weighted by Gasteiger charge is -2.24. The predicted octanol–water partition coefficient (Wildman–Crippen LogP) is 2.10. The standard InChI is InChI=1S/C14H29N5/c1-6-9-12-13(15)14(18(5)17-12)16-11(4)10-19(7-2)8-3/h11,16H,6-10,15H2,1-5H3. The van der Waals surface area contributed by atoms with Crippen LogP contribution >= 0.6 is 0 Å². The zero-order valence-corrected chi connectivity index (χ0v) is 13.0. The third kappa shape index (κ3) is 4.13. The molecule has 1 aromatic rings. The molecule has 0 fully saturated rings. The molecule has 19 heavy (non-hydrogen) atoms. The number of nitrogen functional groups attached to an aromatic ring is 1. The highest BCUT2D eigenvalue weighted by molar-refractivity contribution is 5.65. The number of nitrogens with zero attached hydrogens (tertiary/aromatic N) is 3. The number of hydrogen-bond acceptors (Lipinski definition) is 4. The maximum Gasteiger partial charge on any atom is 0.148 e. The molecule has 1 heterocycles. The van der Waals surface area contributed by atoms with E-state index in [9.17, 15) is 0 Å². The van der Waals surface area contributed by atoms with Crippen molar-refractivity contribution in [2.24, 2.45) is 7.05 Å². The number of anilines is 2. The van der Waals surface area contributed by atoms with Gasteiger partial charge < -0.3 is 16.0 Å². The van der Waals surface area contributed by atoms with Gasteiger partial charge in [0.1, 0.15) is 5.82 Å². The summed E-state index contributed by atoms with van der Waals surface area (Å²) < 4.78 is 1.86. The lowest BCUT2D eigenvalue weighted by Crippen LogP contribution is -2.35. The molecule has 5 heteroatoms. The fourth-order valence-electron chi connectivity index (χ4n) is 2.34. The van der Waals surface area contributed by atoms with E-state index in [0.29, 0.717) is 6.04 Å². The average molecular weight is 267 g/mol. The number of nitrogens with one attached hydrogen (secondary N) is 1. The fourth-order valence-corrected chi connectivity index (χ4v) is 2.34. The molecular weight excluding hydrogens is 238 g/mol. The molecule has 1 aromatic heterocycles. The molecule has 110 valence electrons. The van der Waals surface area contributed by atoms with Crippen LogP contribution in [0.1, 0.15) is 39.8 Å². The van der Waals surface area contributed by atoms with Crippen LogP contribution in [0.15, 0.2) is 0 Å². The Labute approximate surface area is 117 Å². The van der Waals surface area contributed by atoms with E-state index in [0.717, 1.165) is 49.7 Å². The summed E-state index contributed by atoms with van der Waals surface area (Å²) in [5.74, 6) is 0.947. The highest BCUT2D eigenvalue weighted by Crippen LogP contribution is 2.23. The third-order valence-corrected chi connectivity index (χ3v) is 3.46. The van der Waals surface area contributed by atoms with Crippen LogP contribution in [0.25, 0.3) is 0 Å². The van der Waals surface area contributed by atoms with Crippen LogP contribution in [0.2, 0.25) is 0 Å². The summed E-state index contributed by atoms with van der Waals surface area (Å²) in [7, 11) is 1.95. The van der Waals surface area contributed by atoms with Gasteiger partial charge in [-0.15, -0.1) is 0 Å². The summed E-state index contributed by atoms with van der Waals surface area (Å²) in [5, 5.41) is 7.98. The van der Waals surface area contributed by atoms with Crippen LogP contribution in [0.4, 0.5) is 11.5 Å². The van der Waals surface area contributed by atoms with E-state index in [1.54, 1.807) is 0 Å². The van der Waals surface area contributed by atoms with Crippen LogP contribution in [0.5, 0.6) is 0 Å². The van der Waals surface area contributed by atoms with Crippen LogP contribution in [0, 0.1) is 0 Å². The molecule has 0 aliphatic carbocycles. The Kier molecular flexibility index (Phi) is 6.15. The molecular formula is C14H29N5. The Balaban J connectivity index is 2.70. The van der Waals surface area contributed by atoms with Crippen molar-refractivity contribution >= 4 is 11.5 Å². The maximum atomic E-state index is 6.17. The zero-order chi connectivity index (χ0) is 14.4. The van der Waals surface area contributed by atoms with Crippen molar-refractivity contribution in [2.45, 2.75) is 46.6 Å². The number of hydrogen-bond donors (Lipinski definition) is 2. The van der Waals surface area contributed by atoms with E-state index < -0.39 is 0 Å². The minimum absolute atomic E-state index is 0.354. The van der Waals surface area contributed by atoms with Gasteiger partial charge in [0.2, 0.25) is 0 Å². The number of likely N-dealkylation sites (N-methyl/N-ethyl adjacent to an activating group) is 1. The molecule has 0 aliphatic rings. The topological polar surface area (TPSA) is 59.1 Å². The van der Waals surface area contributed by atoms with E-state index in [4.69, 9.17) is 5.73 Å². The average Bonchev–Trinajstić information content (AvgIpc) is 2.64. The monoisotopic (exact) mass is 267 g/mol.